The van der Waals surface area contributed by atoms with E-state index in [1.807, 2.05) is 19.2 Å². The molecule has 0 amide bonds. The van der Waals surface area contributed by atoms with Gasteiger partial charge in [-0.15, -0.1) is 11.3 Å². The van der Waals surface area contributed by atoms with Gasteiger partial charge in [0.05, 0.1) is 18.5 Å². The Hall–Kier alpha value is -1.95. The zero-order chi connectivity index (χ0) is 13.7. The highest BCUT2D eigenvalue weighted by atomic mass is 32.1. The van der Waals surface area contributed by atoms with Crippen molar-refractivity contribution in [3.05, 3.63) is 40.7 Å². The lowest BCUT2D eigenvalue weighted by atomic mass is 10.2. The van der Waals surface area contributed by atoms with Gasteiger partial charge in [-0.2, -0.15) is 5.10 Å². The zero-order valence-corrected chi connectivity index (χ0v) is 11.5. The molecule has 0 radical (unpaired) electrons. The summed E-state index contributed by atoms with van der Waals surface area (Å²) in [7, 11) is 0. The van der Waals surface area contributed by atoms with Crippen molar-refractivity contribution in [3.63, 3.8) is 0 Å². The van der Waals surface area contributed by atoms with Gasteiger partial charge >= 0.3 is 0 Å². The molecule has 0 atom stereocenters. The Morgan fingerprint density at radius 3 is 3.00 bits per heavy atom. The van der Waals surface area contributed by atoms with Gasteiger partial charge in [0.1, 0.15) is 11.6 Å². The van der Waals surface area contributed by atoms with Gasteiger partial charge < -0.3 is 4.74 Å². The fraction of sp³-hybridized carbons (Fsp3) is 0.231. The van der Waals surface area contributed by atoms with Gasteiger partial charge in [0.15, 0.2) is 0 Å². The second-order valence-corrected chi connectivity index (χ2v) is 4.68. The van der Waals surface area contributed by atoms with Crippen LogP contribution < -0.4 is 10.2 Å². The molecule has 6 heteroatoms. The number of halogens is 1. The highest BCUT2D eigenvalue weighted by molar-refractivity contribution is 7.13. The number of benzene rings is 1. The van der Waals surface area contributed by atoms with E-state index < -0.39 is 0 Å². The van der Waals surface area contributed by atoms with Crippen LogP contribution in [0.25, 0.3) is 0 Å². The van der Waals surface area contributed by atoms with Crippen LogP contribution in [0.4, 0.5) is 9.52 Å². The standard InChI is InChI=1S/C13H14FN3OS/c1-3-18-12-5-10(4-11(14)6-12)7-15-17-13-16-9(2)8-19-13/h4-8H,3H2,1-2H3,(H,16,17). The lowest BCUT2D eigenvalue weighted by Crippen LogP contribution is -1.95. The molecule has 19 heavy (non-hydrogen) atoms. The third kappa shape index (κ3) is 4.03. The second-order valence-electron chi connectivity index (χ2n) is 3.82. The van der Waals surface area contributed by atoms with E-state index in [-0.39, 0.29) is 5.82 Å². The van der Waals surface area contributed by atoms with E-state index in [2.05, 4.69) is 15.5 Å². The van der Waals surface area contributed by atoms with E-state index in [0.29, 0.717) is 23.1 Å². The van der Waals surface area contributed by atoms with Crippen molar-refractivity contribution in [2.24, 2.45) is 5.10 Å². The molecule has 0 saturated carbocycles. The minimum atomic E-state index is -0.350. The first-order valence-electron chi connectivity index (χ1n) is 5.82. The number of hydrogen-bond acceptors (Lipinski definition) is 5. The summed E-state index contributed by atoms with van der Waals surface area (Å²) >= 11 is 1.46. The smallest absolute Gasteiger partial charge is 0.203 e. The lowest BCUT2D eigenvalue weighted by Gasteiger charge is -2.03. The summed E-state index contributed by atoms with van der Waals surface area (Å²) in [6, 6.07) is 4.46. The van der Waals surface area contributed by atoms with Gasteiger partial charge in [0.2, 0.25) is 5.13 Å². The normalized spacial score (nSPS) is 10.9. The van der Waals surface area contributed by atoms with Crippen LogP contribution >= 0.6 is 11.3 Å². The Labute approximate surface area is 115 Å². The number of ether oxygens (including phenoxy) is 1. The maximum Gasteiger partial charge on any atom is 0.203 e. The number of thiazole rings is 1. The number of rotatable bonds is 5. The second kappa shape index (κ2) is 6.29. The van der Waals surface area contributed by atoms with Crippen LogP contribution in [0, 0.1) is 12.7 Å². The Morgan fingerprint density at radius 2 is 2.32 bits per heavy atom. The molecule has 1 aromatic heterocycles. The van der Waals surface area contributed by atoms with Crippen LogP contribution in [-0.4, -0.2) is 17.8 Å². The summed E-state index contributed by atoms with van der Waals surface area (Å²) in [5, 5.41) is 6.65. The molecular formula is C13H14FN3OS. The number of hydrazone groups is 1. The van der Waals surface area contributed by atoms with Gasteiger partial charge in [0.25, 0.3) is 0 Å². The molecule has 1 heterocycles. The predicted molar refractivity (Wildman–Crippen MR) is 75.6 cm³/mol. The van der Waals surface area contributed by atoms with Gasteiger partial charge in [-0.3, -0.25) is 5.43 Å². The number of aryl methyl sites for hydroxylation is 1. The maximum absolute atomic E-state index is 13.3. The van der Waals surface area contributed by atoms with Crippen LogP contribution in [0.15, 0.2) is 28.7 Å². The summed E-state index contributed by atoms with van der Waals surface area (Å²) in [6.45, 7) is 4.26. The van der Waals surface area contributed by atoms with Crippen molar-refractivity contribution in [3.8, 4) is 5.75 Å². The largest absolute Gasteiger partial charge is 0.494 e. The predicted octanol–water partition coefficient (Wildman–Crippen LogP) is 3.44. The highest BCUT2D eigenvalue weighted by Crippen LogP contribution is 2.16. The summed E-state index contributed by atoms with van der Waals surface area (Å²) in [5.41, 5.74) is 4.36. The van der Waals surface area contributed by atoms with Gasteiger partial charge in [0, 0.05) is 17.0 Å². The highest BCUT2D eigenvalue weighted by Gasteiger charge is 2.00. The van der Waals surface area contributed by atoms with E-state index >= 15 is 0 Å². The molecule has 0 aliphatic heterocycles. The first-order valence-corrected chi connectivity index (χ1v) is 6.70. The molecule has 4 nitrogen and oxygen atoms in total. The van der Waals surface area contributed by atoms with Crippen LogP contribution in [0.2, 0.25) is 0 Å². The fourth-order valence-corrected chi connectivity index (χ4v) is 2.11. The van der Waals surface area contributed by atoms with E-state index in [0.717, 1.165) is 5.69 Å². The molecule has 2 rings (SSSR count). The number of aromatic nitrogens is 1. The lowest BCUT2D eigenvalue weighted by molar-refractivity contribution is 0.338. The van der Waals surface area contributed by atoms with Crippen LogP contribution in [-0.2, 0) is 0 Å². The molecular weight excluding hydrogens is 265 g/mol. The van der Waals surface area contributed by atoms with Crippen LogP contribution in [0.3, 0.4) is 0 Å². The Bertz CT molecular complexity index is 583. The molecule has 0 aliphatic rings. The minimum absolute atomic E-state index is 0.350. The summed E-state index contributed by atoms with van der Waals surface area (Å²) in [6.07, 6.45) is 1.53. The average molecular weight is 279 g/mol. The Kier molecular flexibility index (Phi) is 4.46. The maximum atomic E-state index is 13.3. The van der Waals surface area contributed by atoms with Crippen molar-refractivity contribution in [1.82, 2.24) is 4.98 Å². The number of nitrogens with one attached hydrogen (secondary N) is 1. The van der Waals surface area contributed by atoms with Crippen molar-refractivity contribution < 1.29 is 9.13 Å². The third-order valence-corrected chi connectivity index (χ3v) is 3.06. The van der Waals surface area contributed by atoms with Crippen molar-refractivity contribution in [1.29, 1.82) is 0 Å². The molecule has 1 aromatic carbocycles. The van der Waals surface area contributed by atoms with Gasteiger partial charge in [-0.05, 0) is 26.0 Å². The number of nitrogens with zero attached hydrogens (tertiary/aromatic N) is 2. The third-order valence-electron chi connectivity index (χ3n) is 2.20. The Morgan fingerprint density at radius 1 is 1.47 bits per heavy atom. The van der Waals surface area contributed by atoms with E-state index in [1.54, 1.807) is 6.07 Å². The monoisotopic (exact) mass is 279 g/mol. The van der Waals surface area contributed by atoms with Crippen molar-refractivity contribution >= 4 is 22.7 Å². The molecule has 0 bridgehead atoms. The minimum Gasteiger partial charge on any atom is -0.494 e. The number of anilines is 1. The average Bonchev–Trinajstić information content (AvgIpc) is 2.75. The van der Waals surface area contributed by atoms with Crippen molar-refractivity contribution in [2.75, 3.05) is 12.0 Å². The summed E-state index contributed by atoms with van der Waals surface area (Å²) in [5.74, 6) is 0.145. The molecule has 0 saturated heterocycles. The molecule has 0 fully saturated rings. The van der Waals surface area contributed by atoms with Gasteiger partial charge in [-0.25, -0.2) is 9.37 Å². The summed E-state index contributed by atoms with van der Waals surface area (Å²) < 4.78 is 18.6. The summed E-state index contributed by atoms with van der Waals surface area (Å²) in [4.78, 5) is 4.20. The quantitative estimate of drug-likeness (QED) is 0.673. The first kappa shape index (κ1) is 13.5. The van der Waals surface area contributed by atoms with Crippen LogP contribution in [0.5, 0.6) is 5.75 Å². The molecule has 0 spiro atoms. The topological polar surface area (TPSA) is 46.5 Å². The molecule has 0 aliphatic carbocycles. The van der Waals surface area contributed by atoms with Crippen LogP contribution in [0.1, 0.15) is 18.2 Å². The molecule has 1 N–H and O–H groups in total. The zero-order valence-electron chi connectivity index (χ0n) is 10.7. The molecule has 2 aromatic rings. The number of hydrogen-bond donors (Lipinski definition) is 1. The van der Waals surface area contributed by atoms with Gasteiger partial charge in [-0.1, -0.05) is 0 Å². The Balaban J connectivity index is 2.05. The SMILES string of the molecule is CCOc1cc(F)cc(C=NNc2nc(C)cs2)c1. The first-order chi connectivity index (χ1) is 9.17. The van der Waals surface area contributed by atoms with E-state index in [4.69, 9.17) is 4.74 Å². The van der Waals surface area contributed by atoms with Crippen molar-refractivity contribution in [2.45, 2.75) is 13.8 Å². The van der Waals surface area contributed by atoms with E-state index in [9.17, 15) is 4.39 Å². The van der Waals surface area contributed by atoms with E-state index in [1.165, 1.54) is 29.7 Å². The molecule has 0 unspecified atom stereocenters. The fourth-order valence-electron chi connectivity index (χ4n) is 1.48. The molecule has 100 valence electrons.